The van der Waals surface area contributed by atoms with Crippen LogP contribution in [0.1, 0.15) is 12.5 Å². The van der Waals surface area contributed by atoms with Crippen molar-refractivity contribution in [1.29, 1.82) is 0 Å². The highest BCUT2D eigenvalue weighted by molar-refractivity contribution is 7.89. The van der Waals surface area contributed by atoms with Crippen LogP contribution in [0.4, 0.5) is 5.69 Å². The molecule has 10 heteroatoms. The maximum atomic E-state index is 12.8. The second kappa shape index (κ2) is 9.41. The summed E-state index contributed by atoms with van der Waals surface area (Å²) in [6.45, 7) is 5.02. The second-order valence-corrected chi connectivity index (χ2v) is 8.79. The minimum Gasteiger partial charge on any atom is -0.493 e. The summed E-state index contributed by atoms with van der Waals surface area (Å²) in [4.78, 5) is 12.5. The van der Waals surface area contributed by atoms with Crippen LogP contribution in [0.15, 0.2) is 47.4 Å². The summed E-state index contributed by atoms with van der Waals surface area (Å²) in [5.41, 5.74) is 0.923. The van der Waals surface area contributed by atoms with E-state index in [0.717, 1.165) is 5.56 Å². The van der Waals surface area contributed by atoms with Crippen molar-refractivity contribution in [2.45, 2.75) is 18.4 Å². The molecule has 3 rings (SSSR count). The second-order valence-electron chi connectivity index (χ2n) is 6.85. The standard InChI is InChI=1S/C20H25N3O6S/c1-3-29-19-9-4-16(14-20(19)28-2)15-21-10-12-22(13-11-21)30(26,27)18-7-5-17(6-8-18)23(24)25/h4-9,14H,3,10-13,15H2,1-2H3. The van der Waals surface area contributed by atoms with Crippen molar-refractivity contribution in [3.8, 4) is 11.5 Å². The fourth-order valence-electron chi connectivity index (χ4n) is 3.36. The molecule has 1 aliphatic heterocycles. The molecule has 0 saturated carbocycles. The topological polar surface area (TPSA) is 102 Å². The molecular formula is C20H25N3O6S. The highest BCUT2D eigenvalue weighted by Gasteiger charge is 2.29. The van der Waals surface area contributed by atoms with Crippen LogP contribution in [-0.2, 0) is 16.6 Å². The first-order chi connectivity index (χ1) is 14.3. The van der Waals surface area contributed by atoms with Crippen LogP contribution in [0, 0.1) is 10.1 Å². The van der Waals surface area contributed by atoms with Crippen molar-refractivity contribution in [2.75, 3.05) is 39.9 Å². The van der Waals surface area contributed by atoms with Crippen LogP contribution >= 0.6 is 0 Å². The zero-order chi connectivity index (χ0) is 21.7. The third-order valence-corrected chi connectivity index (χ3v) is 6.86. The summed E-state index contributed by atoms with van der Waals surface area (Å²) < 4.78 is 38.0. The SMILES string of the molecule is CCOc1ccc(CN2CCN(S(=O)(=O)c3ccc([N+](=O)[O-])cc3)CC2)cc1OC. The zero-order valence-corrected chi connectivity index (χ0v) is 17.8. The van der Waals surface area contributed by atoms with Crippen molar-refractivity contribution in [3.63, 3.8) is 0 Å². The molecule has 0 N–H and O–H groups in total. The Morgan fingerprint density at radius 2 is 1.70 bits per heavy atom. The molecule has 0 atom stereocenters. The number of non-ortho nitro benzene ring substituents is 1. The van der Waals surface area contributed by atoms with Crippen molar-refractivity contribution in [1.82, 2.24) is 9.21 Å². The minimum absolute atomic E-state index is 0.0674. The summed E-state index contributed by atoms with van der Waals surface area (Å²) in [7, 11) is -2.08. The number of nitro benzene ring substituents is 1. The Labute approximate surface area is 176 Å². The molecule has 0 radical (unpaired) electrons. The zero-order valence-electron chi connectivity index (χ0n) is 17.0. The molecule has 1 saturated heterocycles. The number of piperazine rings is 1. The largest absolute Gasteiger partial charge is 0.493 e. The van der Waals surface area contributed by atoms with Crippen molar-refractivity contribution < 1.29 is 22.8 Å². The van der Waals surface area contributed by atoms with Gasteiger partial charge >= 0.3 is 0 Å². The predicted molar refractivity (Wildman–Crippen MR) is 111 cm³/mol. The fraction of sp³-hybridized carbons (Fsp3) is 0.400. The summed E-state index contributed by atoms with van der Waals surface area (Å²) in [6.07, 6.45) is 0. The molecule has 2 aromatic rings. The normalized spacial score (nSPS) is 15.7. The van der Waals surface area contributed by atoms with Crippen molar-refractivity contribution >= 4 is 15.7 Å². The molecule has 0 unspecified atom stereocenters. The van der Waals surface area contributed by atoms with Gasteiger partial charge in [-0.3, -0.25) is 15.0 Å². The van der Waals surface area contributed by atoms with Crippen LogP contribution in [0.25, 0.3) is 0 Å². The van der Waals surface area contributed by atoms with Gasteiger partial charge in [-0.15, -0.1) is 0 Å². The van der Waals surface area contributed by atoms with E-state index in [1.165, 1.54) is 28.6 Å². The molecule has 9 nitrogen and oxygen atoms in total. The lowest BCUT2D eigenvalue weighted by atomic mass is 10.1. The van der Waals surface area contributed by atoms with Gasteiger partial charge in [0.2, 0.25) is 10.0 Å². The van der Waals surface area contributed by atoms with Gasteiger partial charge in [-0.25, -0.2) is 8.42 Å². The number of nitrogens with zero attached hydrogens (tertiary/aromatic N) is 3. The number of sulfonamides is 1. The number of hydrogen-bond donors (Lipinski definition) is 0. The first-order valence-electron chi connectivity index (χ1n) is 9.62. The molecule has 0 amide bonds. The van der Waals surface area contributed by atoms with Crippen LogP contribution in [0.5, 0.6) is 11.5 Å². The van der Waals surface area contributed by atoms with Crippen LogP contribution in [0.3, 0.4) is 0 Å². The van der Waals surface area contributed by atoms with Gasteiger partial charge in [-0.05, 0) is 36.8 Å². The fourth-order valence-corrected chi connectivity index (χ4v) is 4.78. The van der Waals surface area contributed by atoms with Crippen LogP contribution in [-0.4, -0.2) is 62.4 Å². The number of methoxy groups -OCH3 is 1. The van der Waals surface area contributed by atoms with Crippen molar-refractivity contribution in [2.24, 2.45) is 0 Å². The summed E-state index contributed by atoms with van der Waals surface area (Å²) in [5, 5.41) is 10.8. The molecular weight excluding hydrogens is 410 g/mol. The lowest BCUT2D eigenvalue weighted by Gasteiger charge is -2.34. The van der Waals surface area contributed by atoms with Gasteiger partial charge in [0.15, 0.2) is 11.5 Å². The number of ether oxygens (including phenoxy) is 2. The minimum atomic E-state index is -3.68. The van der Waals surface area contributed by atoms with Gasteiger partial charge in [0, 0.05) is 44.9 Å². The molecule has 30 heavy (non-hydrogen) atoms. The molecule has 1 aliphatic rings. The molecule has 0 aromatic heterocycles. The van der Waals surface area contributed by atoms with E-state index in [9.17, 15) is 18.5 Å². The lowest BCUT2D eigenvalue weighted by molar-refractivity contribution is -0.384. The third-order valence-electron chi connectivity index (χ3n) is 4.95. The van der Waals surface area contributed by atoms with Gasteiger partial charge in [-0.1, -0.05) is 6.07 Å². The van der Waals surface area contributed by atoms with E-state index in [4.69, 9.17) is 9.47 Å². The third kappa shape index (κ3) is 4.89. The number of nitro groups is 1. The molecule has 1 heterocycles. The quantitative estimate of drug-likeness (QED) is 0.464. The van der Waals surface area contributed by atoms with Crippen LogP contribution in [0.2, 0.25) is 0 Å². The Kier molecular flexibility index (Phi) is 6.91. The Balaban J connectivity index is 1.62. The van der Waals surface area contributed by atoms with E-state index in [2.05, 4.69) is 4.90 Å². The Hall–Kier alpha value is -2.69. The average Bonchev–Trinajstić information content (AvgIpc) is 2.75. The highest BCUT2D eigenvalue weighted by Crippen LogP contribution is 2.29. The highest BCUT2D eigenvalue weighted by atomic mass is 32.2. The first-order valence-corrected chi connectivity index (χ1v) is 11.1. The molecule has 2 aromatic carbocycles. The Morgan fingerprint density at radius 1 is 1.03 bits per heavy atom. The Bertz CT molecular complexity index is 986. The Morgan fingerprint density at radius 3 is 2.27 bits per heavy atom. The van der Waals surface area contributed by atoms with Gasteiger partial charge < -0.3 is 9.47 Å². The van der Waals surface area contributed by atoms with E-state index in [0.29, 0.717) is 50.8 Å². The van der Waals surface area contributed by atoms with Crippen molar-refractivity contribution in [3.05, 3.63) is 58.1 Å². The van der Waals surface area contributed by atoms with E-state index < -0.39 is 14.9 Å². The molecule has 1 fully saturated rings. The molecule has 0 bridgehead atoms. The maximum absolute atomic E-state index is 12.8. The van der Waals surface area contributed by atoms with E-state index in [1.54, 1.807) is 7.11 Å². The van der Waals surface area contributed by atoms with Gasteiger partial charge in [0.05, 0.1) is 23.5 Å². The number of benzene rings is 2. The summed E-state index contributed by atoms with van der Waals surface area (Å²) in [5.74, 6) is 1.37. The average molecular weight is 436 g/mol. The molecule has 0 aliphatic carbocycles. The summed E-state index contributed by atoms with van der Waals surface area (Å²) >= 11 is 0. The van der Waals surface area contributed by atoms with E-state index in [-0.39, 0.29) is 10.6 Å². The molecule has 162 valence electrons. The summed E-state index contributed by atoms with van der Waals surface area (Å²) in [6, 6.07) is 10.8. The first kappa shape index (κ1) is 22.0. The monoisotopic (exact) mass is 435 g/mol. The van der Waals surface area contributed by atoms with E-state index in [1.807, 2.05) is 25.1 Å². The van der Waals surface area contributed by atoms with Gasteiger partial charge in [0.25, 0.3) is 5.69 Å². The lowest BCUT2D eigenvalue weighted by Crippen LogP contribution is -2.48. The number of rotatable bonds is 8. The van der Waals surface area contributed by atoms with Gasteiger partial charge in [0.1, 0.15) is 0 Å². The van der Waals surface area contributed by atoms with Crippen LogP contribution < -0.4 is 9.47 Å². The maximum Gasteiger partial charge on any atom is 0.269 e. The number of hydrogen-bond acceptors (Lipinski definition) is 7. The smallest absolute Gasteiger partial charge is 0.269 e. The van der Waals surface area contributed by atoms with E-state index >= 15 is 0 Å². The van der Waals surface area contributed by atoms with Gasteiger partial charge in [-0.2, -0.15) is 4.31 Å². The predicted octanol–water partition coefficient (Wildman–Crippen LogP) is 2.51. The molecule has 0 spiro atoms.